The number of hydrogen-bond donors (Lipinski definition) is 0. The smallest absolute Gasteiger partial charge is 1.00 e. The van der Waals surface area contributed by atoms with E-state index < -0.39 is 0 Å². The van der Waals surface area contributed by atoms with E-state index in [-0.39, 0.29) is 12.4 Å². The molecule has 0 amide bonds. The van der Waals surface area contributed by atoms with Gasteiger partial charge in [-0.25, -0.2) is 0 Å². The zero-order valence-corrected chi connectivity index (χ0v) is 7.39. The monoisotopic (exact) mass is 142 g/mol. The van der Waals surface area contributed by atoms with E-state index in [0.29, 0.717) is 0 Å². The molecular formula is C3H7ClZn. The number of halogens is 1. The van der Waals surface area contributed by atoms with Crippen LogP contribution < -0.4 is 12.4 Å². The van der Waals surface area contributed by atoms with Crippen LogP contribution in [0.25, 0.3) is 0 Å². The van der Waals surface area contributed by atoms with Crippen LogP contribution in [0.5, 0.6) is 0 Å². The van der Waals surface area contributed by atoms with Gasteiger partial charge >= 0.3 is 36.7 Å². The van der Waals surface area contributed by atoms with Gasteiger partial charge in [-0.2, -0.15) is 0 Å². The van der Waals surface area contributed by atoms with Crippen molar-refractivity contribution in [2.45, 2.75) is 18.4 Å². The maximum Gasteiger partial charge on any atom is -1.00 e. The topological polar surface area (TPSA) is 0 Å². The van der Waals surface area contributed by atoms with Crippen molar-refractivity contribution in [3.63, 3.8) is 0 Å². The first kappa shape index (κ1) is 9.32. The molecule has 0 radical (unpaired) electrons. The van der Waals surface area contributed by atoms with Gasteiger partial charge in [0.25, 0.3) is 0 Å². The number of hydrogen-bond acceptors (Lipinski definition) is 0. The van der Waals surface area contributed by atoms with E-state index in [2.05, 4.69) is 13.8 Å². The molecular weight excluding hydrogens is 137 g/mol. The molecule has 0 N–H and O–H groups in total. The van der Waals surface area contributed by atoms with Gasteiger partial charge < -0.3 is 12.4 Å². The predicted octanol–water partition coefficient (Wildman–Crippen LogP) is -1.63. The molecule has 28 valence electrons. The van der Waals surface area contributed by atoms with Crippen molar-refractivity contribution in [3.05, 3.63) is 0 Å². The van der Waals surface area contributed by atoms with Crippen LogP contribution >= 0.6 is 0 Å². The molecule has 0 saturated carbocycles. The van der Waals surface area contributed by atoms with Gasteiger partial charge in [0.2, 0.25) is 0 Å². The summed E-state index contributed by atoms with van der Waals surface area (Å²) in [5.41, 5.74) is 0. The van der Waals surface area contributed by atoms with E-state index >= 15 is 0 Å². The molecule has 0 aromatic rings. The van der Waals surface area contributed by atoms with E-state index in [1.165, 1.54) is 18.3 Å². The van der Waals surface area contributed by atoms with Gasteiger partial charge in [-0.1, -0.05) is 0 Å². The van der Waals surface area contributed by atoms with Crippen LogP contribution in [-0.2, 0) is 18.3 Å². The standard InChI is InChI=1S/C3H7.ClH.Zn/c1-3-2;;/h3H,1-2H3;1H;/q;;+1/p-1. The second kappa shape index (κ2) is 4.91. The van der Waals surface area contributed by atoms with E-state index in [9.17, 15) is 0 Å². The van der Waals surface area contributed by atoms with Gasteiger partial charge in [0.1, 0.15) is 0 Å². The summed E-state index contributed by atoms with van der Waals surface area (Å²) in [6.07, 6.45) is 0. The Balaban J connectivity index is 0. The SMILES string of the molecule is C[CH](C)[Zn+].[Cl-]. The third kappa shape index (κ3) is 50.0. The van der Waals surface area contributed by atoms with Crippen molar-refractivity contribution in [2.24, 2.45) is 0 Å². The van der Waals surface area contributed by atoms with Gasteiger partial charge in [0.05, 0.1) is 0 Å². The molecule has 0 fully saturated rings. The Morgan fingerprint density at radius 2 is 1.40 bits per heavy atom. The van der Waals surface area contributed by atoms with Crippen molar-refractivity contribution in [3.8, 4) is 0 Å². The van der Waals surface area contributed by atoms with Crippen LogP contribution in [0.1, 0.15) is 13.8 Å². The zero-order chi connectivity index (χ0) is 3.58. The Labute approximate surface area is 49.4 Å². The van der Waals surface area contributed by atoms with Crippen molar-refractivity contribution in [1.82, 2.24) is 0 Å². The van der Waals surface area contributed by atoms with E-state index in [1.54, 1.807) is 0 Å². The molecule has 0 spiro atoms. The van der Waals surface area contributed by atoms with Gasteiger partial charge in [-0.05, 0) is 0 Å². The van der Waals surface area contributed by atoms with Crippen LogP contribution in [0.2, 0.25) is 4.51 Å². The molecule has 0 saturated heterocycles. The van der Waals surface area contributed by atoms with Crippen molar-refractivity contribution in [1.29, 1.82) is 0 Å². The molecule has 0 aliphatic carbocycles. The summed E-state index contributed by atoms with van der Waals surface area (Å²) >= 11 is 1.43. The van der Waals surface area contributed by atoms with Crippen LogP contribution in [0.15, 0.2) is 0 Å². The third-order valence-corrected chi connectivity index (χ3v) is 0. The minimum atomic E-state index is 0. The first-order valence-corrected chi connectivity index (χ1v) is 3.28. The Morgan fingerprint density at radius 1 is 1.40 bits per heavy atom. The van der Waals surface area contributed by atoms with Gasteiger partial charge in [0.15, 0.2) is 0 Å². The Morgan fingerprint density at radius 3 is 1.40 bits per heavy atom. The van der Waals surface area contributed by atoms with Gasteiger partial charge in [0, 0.05) is 0 Å². The fourth-order valence-electron chi connectivity index (χ4n) is 0. The summed E-state index contributed by atoms with van der Waals surface area (Å²) in [6, 6.07) is 0. The minimum Gasteiger partial charge on any atom is -1.00 e. The van der Waals surface area contributed by atoms with Crippen LogP contribution in [0.4, 0.5) is 0 Å². The molecule has 0 aliphatic heterocycles. The van der Waals surface area contributed by atoms with Crippen LogP contribution in [0.3, 0.4) is 0 Å². The maximum absolute atomic E-state index is 2.22. The van der Waals surface area contributed by atoms with E-state index in [1.807, 2.05) is 0 Å². The summed E-state index contributed by atoms with van der Waals surface area (Å²) in [5, 5.41) is 0. The summed E-state index contributed by atoms with van der Waals surface area (Å²) in [5.74, 6) is 0. The normalized spacial score (nSPS) is 7.40. The molecule has 0 unspecified atom stereocenters. The summed E-state index contributed by atoms with van der Waals surface area (Å²) in [6.45, 7) is 4.44. The van der Waals surface area contributed by atoms with Crippen LogP contribution in [-0.4, -0.2) is 0 Å². The molecule has 0 aromatic carbocycles. The molecule has 0 rings (SSSR count). The third-order valence-electron chi connectivity index (χ3n) is 0. The molecule has 5 heavy (non-hydrogen) atoms. The first-order valence-electron chi connectivity index (χ1n) is 1.56. The molecule has 0 heterocycles. The Hall–Kier alpha value is 0.913. The molecule has 2 heteroatoms. The summed E-state index contributed by atoms with van der Waals surface area (Å²) in [7, 11) is 0. The molecule has 0 atom stereocenters. The number of rotatable bonds is 0. The minimum absolute atomic E-state index is 0. The molecule has 0 nitrogen and oxygen atoms in total. The van der Waals surface area contributed by atoms with Gasteiger partial charge in [-0.3, -0.25) is 0 Å². The van der Waals surface area contributed by atoms with Gasteiger partial charge in [-0.15, -0.1) is 0 Å². The second-order valence-corrected chi connectivity index (χ2v) is 4.82. The average Bonchev–Trinajstić information content (AvgIpc) is 0.811. The summed E-state index contributed by atoms with van der Waals surface area (Å²) < 4.78 is 0.958. The quantitative estimate of drug-likeness (QED) is 0.358. The second-order valence-electron chi connectivity index (χ2n) is 1.39. The predicted molar refractivity (Wildman–Crippen MR) is 15.1 cm³/mol. The van der Waals surface area contributed by atoms with Crippen LogP contribution in [0, 0.1) is 0 Å². The largest absolute Gasteiger partial charge is 1.00 e. The summed E-state index contributed by atoms with van der Waals surface area (Å²) in [4.78, 5) is 0. The molecule has 0 aliphatic rings. The average molecular weight is 144 g/mol. The maximum atomic E-state index is 2.22. The Kier molecular flexibility index (Phi) is 9.16. The van der Waals surface area contributed by atoms with Crippen molar-refractivity contribution in [2.75, 3.05) is 0 Å². The molecule has 0 aromatic heterocycles. The van der Waals surface area contributed by atoms with E-state index in [0.717, 1.165) is 4.51 Å². The first-order chi connectivity index (χ1) is 1.73. The van der Waals surface area contributed by atoms with Crippen molar-refractivity contribution < 1.29 is 30.7 Å². The zero-order valence-electron chi connectivity index (χ0n) is 3.66. The Bertz CT molecular complexity index is 11.6. The molecule has 0 bridgehead atoms. The van der Waals surface area contributed by atoms with E-state index in [4.69, 9.17) is 0 Å². The fraction of sp³-hybridized carbons (Fsp3) is 1.00. The van der Waals surface area contributed by atoms with Crippen molar-refractivity contribution >= 4 is 0 Å². The fourth-order valence-corrected chi connectivity index (χ4v) is 0.